The van der Waals surface area contributed by atoms with E-state index in [2.05, 4.69) is 12.2 Å². The molecule has 1 aliphatic heterocycles. The predicted octanol–water partition coefficient (Wildman–Crippen LogP) is 0.393. The van der Waals surface area contributed by atoms with Crippen molar-refractivity contribution in [1.29, 1.82) is 0 Å². The summed E-state index contributed by atoms with van der Waals surface area (Å²) in [5.41, 5.74) is 0. The summed E-state index contributed by atoms with van der Waals surface area (Å²) in [6.07, 6.45) is 0. The van der Waals surface area contributed by atoms with Crippen molar-refractivity contribution in [3.63, 3.8) is 0 Å². The van der Waals surface area contributed by atoms with Crippen LogP contribution in [-0.4, -0.2) is 30.0 Å². The van der Waals surface area contributed by atoms with E-state index < -0.39 is 0 Å². The molecule has 1 radical (unpaired) electrons. The lowest BCUT2D eigenvalue weighted by atomic mass is 10.3. The van der Waals surface area contributed by atoms with E-state index in [9.17, 15) is 0 Å². The normalized spacial score (nSPS) is 33.0. The molecule has 1 N–H and O–H groups in total. The fourth-order valence-electron chi connectivity index (χ4n) is 0.822. The highest BCUT2D eigenvalue weighted by molar-refractivity contribution is 7.77. The topological polar surface area (TPSA) is 15.3 Å². The van der Waals surface area contributed by atoms with Crippen LogP contribution < -0.4 is 5.32 Å². The van der Waals surface area contributed by atoms with Gasteiger partial charge in [-0.15, -0.1) is 0 Å². The zero-order chi connectivity index (χ0) is 5.98. The van der Waals surface area contributed by atoms with Crippen molar-refractivity contribution in [3.8, 4) is 0 Å². The van der Waals surface area contributed by atoms with Gasteiger partial charge in [0.05, 0.1) is 0 Å². The smallest absolute Gasteiger partial charge is 0.0308 e. The van der Waals surface area contributed by atoms with Crippen LogP contribution in [0.5, 0.6) is 0 Å². The first-order chi connectivity index (χ1) is 3.80. The van der Waals surface area contributed by atoms with Gasteiger partial charge in [0.2, 0.25) is 0 Å². The van der Waals surface area contributed by atoms with Crippen LogP contribution in [0, 0.1) is 0 Å². The van der Waals surface area contributed by atoms with Crippen LogP contribution in [0.2, 0.25) is 0 Å². The molecule has 0 aromatic rings. The third-order valence-electron chi connectivity index (χ3n) is 1.44. The SMILES string of the molecule is CC1CNCCN1[S]. The number of hydrogen-bond donors (Lipinski definition) is 1. The molecule has 0 spiro atoms. The van der Waals surface area contributed by atoms with E-state index in [-0.39, 0.29) is 0 Å². The predicted molar refractivity (Wildman–Crippen MR) is 36.6 cm³/mol. The Kier molecular flexibility index (Phi) is 2.16. The van der Waals surface area contributed by atoms with Gasteiger partial charge in [-0.1, -0.05) is 0 Å². The minimum absolute atomic E-state index is 0.541. The number of hydrogen-bond acceptors (Lipinski definition) is 2. The maximum Gasteiger partial charge on any atom is 0.0308 e. The highest BCUT2D eigenvalue weighted by atomic mass is 32.1. The molecule has 1 rings (SSSR count). The monoisotopic (exact) mass is 131 g/mol. The van der Waals surface area contributed by atoms with Crippen molar-refractivity contribution < 1.29 is 0 Å². The summed E-state index contributed by atoms with van der Waals surface area (Å²) in [4.78, 5) is 0. The molecule has 0 aromatic heterocycles. The first kappa shape index (κ1) is 6.39. The molecule has 1 saturated heterocycles. The molecule has 47 valence electrons. The van der Waals surface area contributed by atoms with Gasteiger partial charge < -0.3 is 5.32 Å². The molecule has 1 aliphatic rings. The zero-order valence-corrected chi connectivity index (χ0v) is 5.87. The molecule has 0 aromatic carbocycles. The van der Waals surface area contributed by atoms with Crippen molar-refractivity contribution in [1.82, 2.24) is 9.62 Å². The van der Waals surface area contributed by atoms with Gasteiger partial charge in [0.25, 0.3) is 0 Å². The first-order valence-corrected chi connectivity index (χ1v) is 3.31. The lowest BCUT2D eigenvalue weighted by Crippen LogP contribution is -2.44. The average Bonchev–Trinajstić information content (AvgIpc) is 1.77. The van der Waals surface area contributed by atoms with Gasteiger partial charge in [0.15, 0.2) is 0 Å². The van der Waals surface area contributed by atoms with Gasteiger partial charge in [0.1, 0.15) is 0 Å². The maximum absolute atomic E-state index is 5.00. The molecule has 0 saturated carbocycles. The molecule has 0 aliphatic carbocycles. The summed E-state index contributed by atoms with van der Waals surface area (Å²) < 4.78 is 1.95. The minimum atomic E-state index is 0.541. The minimum Gasteiger partial charge on any atom is -0.314 e. The van der Waals surface area contributed by atoms with Gasteiger partial charge in [-0.2, -0.15) is 0 Å². The second-order valence-corrected chi connectivity index (χ2v) is 2.66. The lowest BCUT2D eigenvalue weighted by molar-refractivity contribution is 0.313. The Balaban J connectivity index is 2.28. The van der Waals surface area contributed by atoms with Crippen LogP contribution in [0.25, 0.3) is 0 Å². The molecule has 1 atom stereocenters. The number of nitrogens with one attached hydrogen (secondary N) is 1. The molecule has 0 bridgehead atoms. The van der Waals surface area contributed by atoms with Gasteiger partial charge in [-0.05, 0) is 6.92 Å². The molecule has 1 unspecified atom stereocenters. The van der Waals surface area contributed by atoms with Crippen molar-refractivity contribution in [3.05, 3.63) is 0 Å². The number of nitrogens with zero attached hydrogens (tertiary/aromatic N) is 1. The van der Waals surface area contributed by atoms with E-state index in [1.54, 1.807) is 0 Å². The highest BCUT2D eigenvalue weighted by Crippen LogP contribution is 2.02. The average molecular weight is 131 g/mol. The second kappa shape index (κ2) is 2.71. The largest absolute Gasteiger partial charge is 0.314 e. The third-order valence-corrected chi connectivity index (χ3v) is 1.98. The fourth-order valence-corrected chi connectivity index (χ4v) is 0.988. The van der Waals surface area contributed by atoms with Gasteiger partial charge in [0, 0.05) is 38.5 Å². The number of rotatable bonds is 0. The highest BCUT2D eigenvalue weighted by Gasteiger charge is 2.13. The van der Waals surface area contributed by atoms with E-state index in [0.717, 1.165) is 19.6 Å². The molecule has 1 heterocycles. The quantitative estimate of drug-likeness (QED) is 0.511. The summed E-state index contributed by atoms with van der Waals surface area (Å²) in [7, 11) is 0. The Labute approximate surface area is 55.8 Å². The third kappa shape index (κ3) is 1.37. The van der Waals surface area contributed by atoms with Gasteiger partial charge in [-0.3, -0.25) is 0 Å². The summed E-state index contributed by atoms with van der Waals surface area (Å²) in [6.45, 7) is 5.24. The maximum atomic E-state index is 5.00. The van der Waals surface area contributed by atoms with Crippen molar-refractivity contribution in [2.24, 2.45) is 0 Å². The Morgan fingerprint density at radius 3 is 2.88 bits per heavy atom. The van der Waals surface area contributed by atoms with Crippen LogP contribution >= 0.6 is 12.8 Å². The van der Waals surface area contributed by atoms with Gasteiger partial charge in [-0.25, -0.2) is 4.31 Å². The molecule has 3 heteroatoms. The van der Waals surface area contributed by atoms with Crippen LogP contribution in [0.1, 0.15) is 6.92 Å². The van der Waals surface area contributed by atoms with Crippen LogP contribution in [0.3, 0.4) is 0 Å². The molecular weight excluding hydrogens is 120 g/mol. The van der Waals surface area contributed by atoms with E-state index in [0.29, 0.717) is 6.04 Å². The molecular formula is C5H11N2S. The Morgan fingerprint density at radius 2 is 2.50 bits per heavy atom. The van der Waals surface area contributed by atoms with Crippen molar-refractivity contribution in [2.75, 3.05) is 19.6 Å². The van der Waals surface area contributed by atoms with Crippen molar-refractivity contribution >= 4 is 12.8 Å². The standard InChI is InChI=1S/C5H11N2S/c1-5-4-6-2-3-7(5)8/h5-6H,2-4H2,1H3. The molecule has 0 amide bonds. The lowest BCUT2D eigenvalue weighted by Gasteiger charge is -2.27. The number of piperazine rings is 1. The first-order valence-electron chi connectivity index (χ1n) is 2.95. The fraction of sp³-hybridized carbons (Fsp3) is 1.00. The van der Waals surface area contributed by atoms with Crippen LogP contribution in [0.4, 0.5) is 0 Å². The Bertz CT molecular complexity index is 66.8. The molecule has 1 fully saturated rings. The Hall–Kier alpha value is 0.270. The van der Waals surface area contributed by atoms with E-state index in [1.807, 2.05) is 4.31 Å². The summed E-state index contributed by atoms with van der Waals surface area (Å²) in [5, 5.41) is 3.26. The van der Waals surface area contributed by atoms with Crippen molar-refractivity contribution in [2.45, 2.75) is 13.0 Å². The summed E-state index contributed by atoms with van der Waals surface area (Å²) in [6, 6.07) is 0.541. The second-order valence-electron chi connectivity index (χ2n) is 2.19. The van der Waals surface area contributed by atoms with E-state index in [4.69, 9.17) is 12.8 Å². The van der Waals surface area contributed by atoms with Crippen LogP contribution in [-0.2, 0) is 0 Å². The summed E-state index contributed by atoms with van der Waals surface area (Å²) >= 11 is 5.00. The van der Waals surface area contributed by atoms with E-state index >= 15 is 0 Å². The zero-order valence-electron chi connectivity index (χ0n) is 5.05. The molecule has 2 nitrogen and oxygen atoms in total. The van der Waals surface area contributed by atoms with Gasteiger partial charge >= 0.3 is 0 Å². The Morgan fingerprint density at radius 1 is 1.75 bits per heavy atom. The summed E-state index contributed by atoms with van der Waals surface area (Å²) in [5.74, 6) is 0. The molecule has 8 heavy (non-hydrogen) atoms. The van der Waals surface area contributed by atoms with Crippen LogP contribution in [0.15, 0.2) is 0 Å². The van der Waals surface area contributed by atoms with E-state index in [1.165, 1.54) is 0 Å².